The number of nitrogens with zero attached hydrogens (tertiary/aromatic N) is 6. The summed E-state index contributed by atoms with van der Waals surface area (Å²) in [5.41, 5.74) is 2.42. The quantitative estimate of drug-likeness (QED) is 0.356. The molecule has 0 saturated carbocycles. The molecule has 0 amide bonds. The van der Waals surface area contributed by atoms with Crippen LogP contribution in [0.1, 0.15) is 30.3 Å². The highest BCUT2D eigenvalue weighted by Gasteiger charge is 2.32. The number of ether oxygens (including phenoxy) is 2. The maximum atomic E-state index is 5.82. The van der Waals surface area contributed by atoms with Gasteiger partial charge >= 0.3 is 0 Å². The number of aryl methyl sites for hydroxylation is 1. The first-order valence-electron chi connectivity index (χ1n) is 11.1. The fraction of sp³-hybridized carbons (Fsp3) is 0.348. The van der Waals surface area contributed by atoms with E-state index in [1.165, 1.54) is 0 Å². The van der Waals surface area contributed by atoms with Gasteiger partial charge in [-0.05, 0) is 31.9 Å². The summed E-state index contributed by atoms with van der Waals surface area (Å²) in [6, 6.07) is 11.3. The highest BCUT2D eigenvalue weighted by Crippen LogP contribution is 2.37. The number of anilines is 3. The maximum absolute atomic E-state index is 5.82. The Bertz CT molecular complexity index is 1230. The Balaban J connectivity index is 1.43. The molecule has 2 N–H and O–H groups in total. The third-order valence-corrected chi connectivity index (χ3v) is 5.48. The maximum Gasteiger partial charge on any atom is 0.231 e. The second-order valence-electron chi connectivity index (χ2n) is 7.97. The lowest BCUT2D eigenvalue weighted by molar-refractivity contribution is 0.143. The van der Waals surface area contributed by atoms with Gasteiger partial charge in [0.15, 0.2) is 11.6 Å². The van der Waals surface area contributed by atoms with E-state index >= 15 is 0 Å². The van der Waals surface area contributed by atoms with Gasteiger partial charge in [-0.2, -0.15) is 15.1 Å². The Labute approximate surface area is 196 Å². The average molecular weight is 463 g/mol. The van der Waals surface area contributed by atoms with Gasteiger partial charge in [0.25, 0.3) is 0 Å². The smallest absolute Gasteiger partial charge is 0.231 e. The van der Waals surface area contributed by atoms with Crippen LogP contribution in [0.2, 0.25) is 0 Å². The molecule has 34 heavy (non-hydrogen) atoms. The summed E-state index contributed by atoms with van der Waals surface area (Å²) in [4.78, 5) is 15.9. The SMILES string of the molecule is COCCOc1cc(Nc2cc(C)[nH]n2)nc(N2CCC[C@H]2c2cc(-c3ccccn3)no2)n1. The summed E-state index contributed by atoms with van der Waals surface area (Å²) >= 11 is 0. The Kier molecular flexibility index (Phi) is 6.34. The average Bonchev–Trinajstić information content (AvgIpc) is 3.60. The number of aromatic nitrogens is 6. The molecular weight excluding hydrogens is 436 g/mol. The molecule has 5 rings (SSSR count). The van der Waals surface area contributed by atoms with Crippen LogP contribution in [0.4, 0.5) is 17.6 Å². The number of H-pyrrole nitrogens is 1. The molecule has 1 atom stereocenters. The molecule has 0 spiro atoms. The largest absolute Gasteiger partial charge is 0.475 e. The van der Waals surface area contributed by atoms with Crippen LogP contribution in [-0.2, 0) is 4.74 Å². The van der Waals surface area contributed by atoms with E-state index in [0.29, 0.717) is 42.4 Å². The highest BCUT2D eigenvalue weighted by atomic mass is 16.5. The summed E-state index contributed by atoms with van der Waals surface area (Å²) < 4.78 is 16.6. The summed E-state index contributed by atoms with van der Waals surface area (Å²) in [7, 11) is 1.63. The zero-order chi connectivity index (χ0) is 23.3. The number of rotatable bonds is 9. The van der Waals surface area contributed by atoms with Crippen LogP contribution in [0.25, 0.3) is 11.4 Å². The van der Waals surface area contributed by atoms with E-state index < -0.39 is 0 Å². The molecule has 1 fully saturated rings. The molecule has 1 aliphatic rings. The summed E-state index contributed by atoms with van der Waals surface area (Å²) in [5.74, 6) is 3.00. The van der Waals surface area contributed by atoms with Crippen molar-refractivity contribution in [1.82, 2.24) is 30.3 Å². The van der Waals surface area contributed by atoms with E-state index in [0.717, 1.165) is 36.5 Å². The van der Waals surface area contributed by atoms with E-state index in [4.69, 9.17) is 19.0 Å². The van der Waals surface area contributed by atoms with Crippen molar-refractivity contribution in [3.63, 3.8) is 0 Å². The number of nitrogens with one attached hydrogen (secondary N) is 2. The topological polar surface area (TPSA) is 127 Å². The third-order valence-electron chi connectivity index (χ3n) is 5.48. The van der Waals surface area contributed by atoms with Crippen LogP contribution in [0.5, 0.6) is 5.88 Å². The van der Waals surface area contributed by atoms with Crippen molar-refractivity contribution in [3.05, 3.63) is 54.0 Å². The molecule has 0 aromatic carbocycles. The second-order valence-corrected chi connectivity index (χ2v) is 7.97. The lowest BCUT2D eigenvalue weighted by atomic mass is 10.1. The number of methoxy groups -OCH3 is 1. The molecule has 1 aliphatic heterocycles. The summed E-state index contributed by atoms with van der Waals surface area (Å²) in [6.45, 7) is 3.56. The van der Waals surface area contributed by atoms with E-state index in [2.05, 4.69) is 35.5 Å². The number of hydrogen-bond donors (Lipinski definition) is 2. The van der Waals surface area contributed by atoms with Crippen LogP contribution in [0, 0.1) is 6.92 Å². The van der Waals surface area contributed by atoms with E-state index in [1.54, 1.807) is 19.4 Å². The van der Waals surface area contributed by atoms with Crippen molar-refractivity contribution in [3.8, 4) is 17.3 Å². The van der Waals surface area contributed by atoms with Gasteiger partial charge in [0.05, 0.1) is 18.3 Å². The Morgan fingerprint density at radius 2 is 2.09 bits per heavy atom. The molecule has 0 unspecified atom stereocenters. The van der Waals surface area contributed by atoms with Gasteiger partial charge in [0.1, 0.15) is 18.1 Å². The molecular formula is C23H26N8O3. The number of hydrogen-bond acceptors (Lipinski definition) is 10. The first kappa shape index (κ1) is 21.8. The minimum atomic E-state index is -0.0420. The second kappa shape index (κ2) is 9.87. The zero-order valence-corrected chi connectivity index (χ0v) is 19.1. The van der Waals surface area contributed by atoms with Gasteiger partial charge in [-0.1, -0.05) is 11.2 Å². The predicted octanol–water partition coefficient (Wildman–Crippen LogP) is 3.67. The van der Waals surface area contributed by atoms with E-state index in [1.807, 2.05) is 37.3 Å². The van der Waals surface area contributed by atoms with E-state index in [-0.39, 0.29) is 6.04 Å². The Morgan fingerprint density at radius 1 is 1.15 bits per heavy atom. The summed E-state index contributed by atoms with van der Waals surface area (Å²) in [6.07, 6.45) is 3.61. The van der Waals surface area contributed by atoms with Gasteiger partial charge in [-0.15, -0.1) is 0 Å². The normalized spacial score (nSPS) is 15.6. The van der Waals surface area contributed by atoms with Gasteiger partial charge in [-0.3, -0.25) is 10.1 Å². The molecule has 1 saturated heterocycles. The monoisotopic (exact) mass is 462 g/mol. The van der Waals surface area contributed by atoms with Gasteiger partial charge < -0.3 is 24.2 Å². The van der Waals surface area contributed by atoms with Gasteiger partial charge in [-0.25, -0.2) is 0 Å². The molecule has 5 heterocycles. The fourth-order valence-electron chi connectivity index (χ4n) is 3.91. The molecule has 11 heteroatoms. The Morgan fingerprint density at radius 3 is 2.88 bits per heavy atom. The van der Waals surface area contributed by atoms with Crippen molar-refractivity contribution in [2.75, 3.05) is 37.1 Å². The minimum Gasteiger partial charge on any atom is -0.475 e. The van der Waals surface area contributed by atoms with Crippen LogP contribution in [-0.4, -0.2) is 57.2 Å². The van der Waals surface area contributed by atoms with Gasteiger partial charge in [0, 0.05) is 43.7 Å². The number of pyridine rings is 1. The Hall–Kier alpha value is -3.99. The highest BCUT2D eigenvalue weighted by molar-refractivity contribution is 5.57. The van der Waals surface area contributed by atoms with Crippen molar-refractivity contribution in [2.24, 2.45) is 0 Å². The molecule has 4 aromatic heterocycles. The molecule has 4 aromatic rings. The minimum absolute atomic E-state index is 0.0420. The first-order chi connectivity index (χ1) is 16.7. The van der Waals surface area contributed by atoms with Crippen molar-refractivity contribution in [2.45, 2.75) is 25.8 Å². The number of aromatic amines is 1. The summed E-state index contributed by atoms with van der Waals surface area (Å²) in [5, 5.41) is 14.6. The van der Waals surface area contributed by atoms with Crippen molar-refractivity contribution >= 4 is 17.6 Å². The lowest BCUT2D eigenvalue weighted by Crippen LogP contribution is -2.25. The van der Waals surface area contributed by atoms with Crippen LogP contribution in [0.3, 0.4) is 0 Å². The van der Waals surface area contributed by atoms with Gasteiger partial charge in [0.2, 0.25) is 11.8 Å². The lowest BCUT2D eigenvalue weighted by Gasteiger charge is -2.23. The first-order valence-corrected chi connectivity index (χ1v) is 11.1. The third kappa shape index (κ3) is 4.84. The van der Waals surface area contributed by atoms with Crippen LogP contribution in [0.15, 0.2) is 47.1 Å². The van der Waals surface area contributed by atoms with Crippen LogP contribution >= 0.6 is 0 Å². The molecule has 11 nitrogen and oxygen atoms in total. The van der Waals surface area contributed by atoms with Crippen molar-refractivity contribution < 1.29 is 14.0 Å². The molecule has 0 bridgehead atoms. The van der Waals surface area contributed by atoms with Crippen LogP contribution < -0.4 is 15.0 Å². The van der Waals surface area contributed by atoms with E-state index in [9.17, 15) is 0 Å². The zero-order valence-electron chi connectivity index (χ0n) is 19.1. The predicted molar refractivity (Wildman–Crippen MR) is 125 cm³/mol. The standard InChI is InChI=1S/C23H26N8O3/c1-15-12-21(29-28-15)25-20-14-22(33-11-10-32-2)27-23(26-20)31-9-5-7-18(31)19-13-17(30-34-19)16-6-3-4-8-24-16/h3-4,6,8,12-14,18H,5,7,9-11H2,1-2H3,(H2,25,26,27,28,29)/t18-/m0/s1. The molecule has 0 aliphatic carbocycles. The fourth-order valence-corrected chi connectivity index (χ4v) is 3.91. The molecule has 0 radical (unpaired) electrons. The van der Waals surface area contributed by atoms with Crippen molar-refractivity contribution in [1.29, 1.82) is 0 Å². The molecule has 176 valence electrons.